The van der Waals surface area contributed by atoms with Crippen LogP contribution in [0.25, 0.3) is 0 Å². The second-order valence-electron chi connectivity index (χ2n) is 4.41. The molecule has 2 N–H and O–H groups in total. The zero-order chi connectivity index (χ0) is 13.1. The summed E-state index contributed by atoms with van der Waals surface area (Å²) in [6, 6.07) is 2.90. The Morgan fingerprint density at radius 1 is 1.41 bits per heavy atom. The number of pyridine rings is 1. The zero-order valence-electron chi connectivity index (χ0n) is 10.3. The number of sulfonamides is 1. The summed E-state index contributed by atoms with van der Waals surface area (Å²) in [6.45, 7) is 6.01. The maximum Gasteiger partial charge on any atom is 0.243 e. The molecule has 0 saturated carbocycles. The minimum atomic E-state index is -3.80. The Morgan fingerprint density at radius 2 is 2.06 bits per heavy atom. The average Bonchev–Trinajstić information content (AvgIpc) is 2.15. The molecule has 0 fully saturated rings. The molecule has 0 bridgehead atoms. The zero-order valence-corrected chi connectivity index (χ0v) is 11.1. The first-order valence-electron chi connectivity index (χ1n) is 5.45. The van der Waals surface area contributed by atoms with Crippen LogP contribution in [0.1, 0.15) is 27.2 Å². The van der Waals surface area contributed by atoms with Crippen molar-refractivity contribution in [1.82, 2.24) is 4.98 Å². The number of hydrogen-bond acceptors (Lipinski definition) is 4. The molecule has 0 aliphatic rings. The molecule has 1 aromatic heterocycles. The molecule has 1 heterocycles. The molecule has 96 valence electrons. The molecule has 0 amide bonds. The lowest BCUT2D eigenvalue weighted by atomic mass is 10.1. The van der Waals surface area contributed by atoms with E-state index in [2.05, 4.69) is 18.8 Å². The number of aromatic nitrogens is 1. The normalized spacial score (nSPS) is 13.7. The van der Waals surface area contributed by atoms with E-state index in [0.717, 1.165) is 6.42 Å². The second-order valence-corrected chi connectivity index (χ2v) is 5.94. The molecule has 0 aromatic carbocycles. The van der Waals surface area contributed by atoms with E-state index in [1.807, 2.05) is 6.92 Å². The van der Waals surface area contributed by atoms with E-state index in [-0.39, 0.29) is 16.9 Å². The Balaban J connectivity index is 2.92. The number of hydrogen-bond donors (Lipinski definition) is 1. The van der Waals surface area contributed by atoms with Crippen LogP contribution >= 0.6 is 0 Å². The monoisotopic (exact) mass is 258 g/mol. The van der Waals surface area contributed by atoms with Crippen LogP contribution in [0.4, 0.5) is 0 Å². The van der Waals surface area contributed by atoms with Gasteiger partial charge in [-0.3, -0.25) is 0 Å². The molecule has 0 spiro atoms. The molecule has 1 aromatic rings. The first-order valence-corrected chi connectivity index (χ1v) is 7.00. The van der Waals surface area contributed by atoms with Crippen LogP contribution in [0.2, 0.25) is 0 Å². The van der Waals surface area contributed by atoms with Crippen molar-refractivity contribution in [2.75, 3.05) is 0 Å². The van der Waals surface area contributed by atoms with Crippen molar-refractivity contribution in [2.45, 2.75) is 38.2 Å². The SMILES string of the molecule is CC(C)CC(C)Oc1ncccc1S(N)(=O)=O. The van der Waals surface area contributed by atoms with Crippen LogP contribution in [-0.2, 0) is 10.0 Å². The van der Waals surface area contributed by atoms with Gasteiger partial charge in [-0.2, -0.15) is 0 Å². The van der Waals surface area contributed by atoms with E-state index in [0.29, 0.717) is 5.92 Å². The van der Waals surface area contributed by atoms with Gasteiger partial charge >= 0.3 is 0 Å². The molecule has 0 radical (unpaired) electrons. The Bertz CT molecular complexity index is 471. The maximum atomic E-state index is 11.3. The van der Waals surface area contributed by atoms with Crippen molar-refractivity contribution < 1.29 is 13.2 Å². The van der Waals surface area contributed by atoms with Crippen LogP contribution in [0.3, 0.4) is 0 Å². The van der Waals surface area contributed by atoms with Crippen molar-refractivity contribution in [1.29, 1.82) is 0 Å². The second kappa shape index (κ2) is 5.46. The molecule has 0 aliphatic carbocycles. The molecule has 1 unspecified atom stereocenters. The summed E-state index contributed by atoms with van der Waals surface area (Å²) in [7, 11) is -3.80. The first-order chi connectivity index (χ1) is 7.80. The minimum absolute atomic E-state index is 0.0724. The largest absolute Gasteiger partial charge is 0.474 e. The molecule has 0 saturated heterocycles. The van der Waals surface area contributed by atoms with Crippen LogP contribution in [0.15, 0.2) is 23.2 Å². The van der Waals surface area contributed by atoms with Crippen molar-refractivity contribution in [2.24, 2.45) is 11.1 Å². The molecule has 5 nitrogen and oxygen atoms in total. The smallest absolute Gasteiger partial charge is 0.243 e. The third-order valence-electron chi connectivity index (χ3n) is 2.16. The molecule has 6 heteroatoms. The first kappa shape index (κ1) is 13.9. The van der Waals surface area contributed by atoms with Gasteiger partial charge in [-0.05, 0) is 31.4 Å². The fourth-order valence-electron chi connectivity index (χ4n) is 1.58. The topological polar surface area (TPSA) is 82.3 Å². The number of rotatable bonds is 5. The van der Waals surface area contributed by atoms with Crippen molar-refractivity contribution in [3.8, 4) is 5.88 Å². The Labute approximate surface area is 102 Å². The van der Waals surface area contributed by atoms with E-state index in [9.17, 15) is 8.42 Å². The molecule has 0 aliphatic heterocycles. The summed E-state index contributed by atoms with van der Waals surface area (Å²) in [4.78, 5) is 3.84. The fourth-order valence-corrected chi connectivity index (χ4v) is 2.20. The van der Waals surface area contributed by atoms with Gasteiger partial charge in [0.2, 0.25) is 15.9 Å². The number of nitrogens with zero attached hydrogens (tertiary/aromatic N) is 1. The van der Waals surface area contributed by atoms with E-state index >= 15 is 0 Å². The van der Waals surface area contributed by atoms with E-state index in [1.165, 1.54) is 18.3 Å². The summed E-state index contributed by atoms with van der Waals surface area (Å²) >= 11 is 0. The lowest BCUT2D eigenvalue weighted by Crippen LogP contribution is -2.19. The molecule has 1 rings (SSSR count). The standard InChI is InChI=1S/C11H18N2O3S/c1-8(2)7-9(3)16-11-10(17(12,14)15)5-4-6-13-11/h4-6,8-9H,7H2,1-3H3,(H2,12,14,15). The third-order valence-corrected chi connectivity index (χ3v) is 3.08. The van der Waals surface area contributed by atoms with Crippen LogP contribution in [-0.4, -0.2) is 19.5 Å². The quantitative estimate of drug-likeness (QED) is 0.868. The number of nitrogens with two attached hydrogens (primary N) is 1. The Morgan fingerprint density at radius 3 is 2.59 bits per heavy atom. The fraction of sp³-hybridized carbons (Fsp3) is 0.545. The van der Waals surface area contributed by atoms with Gasteiger partial charge in [-0.25, -0.2) is 18.5 Å². The number of primary sulfonamides is 1. The van der Waals surface area contributed by atoms with Gasteiger partial charge in [0.15, 0.2) is 0 Å². The Hall–Kier alpha value is -1.14. The molecular formula is C11H18N2O3S. The van der Waals surface area contributed by atoms with E-state index in [1.54, 1.807) is 0 Å². The van der Waals surface area contributed by atoms with Crippen molar-refractivity contribution in [3.63, 3.8) is 0 Å². The van der Waals surface area contributed by atoms with Crippen molar-refractivity contribution in [3.05, 3.63) is 18.3 Å². The molecule has 1 atom stereocenters. The predicted octanol–water partition coefficient (Wildman–Crippen LogP) is 1.54. The molecular weight excluding hydrogens is 240 g/mol. The summed E-state index contributed by atoms with van der Waals surface area (Å²) in [6.07, 6.45) is 2.19. The minimum Gasteiger partial charge on any atom is -0.474 e. The highest BCUT2D eigenvalue weighted by Gasteiger charge is 2.18. The Kier molecular flexibility index (Phi) is 4.47. The third kappa shape index (κ3) is 4.32. The summed E-state index contributed by atoms with van der Waals surface area (Å²) in [5.74, 6) is 0.537. The van der Waals surface area contributed by atoms with Crippen LogP contribution in [0.5, 0.6) is 5.88 Å². The van der Waals surface area contributed by atoms with Gasteiger partial charge in [0.05, 0.1) is 6.10 Å². The highest BCUT2D eigenvalue weighted by Crippen LogP contribution is 2.21. The summed E-state index contributed by atoms with van der Waals surface area (Å²) in [5, 5.41) is 5.09. The van der Waals surface area contributed by atoms with E-state index < -0.39 is 10.0 Å². The summed E-state index contributed by atoms with van der Waals surface area (Å²) in [5.41, 5.74) is 0. The van der Waals surface area contributed by atoms with Gasteiger partial charge < -0.3 is 4.74 Å². The van der Waals surface area contributed by atoms with E-state index in [4.69, 9.17) is 9.88 Å². The highest BCUT2D eigenvalue weighted by atomic mass is 32.2. The van der Waals surface area contributed by atoms with Crippen LogP contribution in [0, 0.1) is 5.92 Å². The molecule has 17 heavy (non-hydrogen) atoms. The van der Waals surface area contributed by atoms with Gasteiger partial charge in [0, 0.05) is 6.20 Å². The predicted molar refractivity (Wildman–Crippen MR) is 65.2 cm³/mol. The summed E-state index contributed by atoms with van der Waals surface area (Å²) < 4.78 is 28.1. The average molecular weight is 258 g/mol. The maximum absolute atomic E-state index is 11.3. The van der Waals surface area contributed by atoms with Gasteiger partial charge in [-0.1, -0.05) is 13.8 Å². The highest BCUT2D eigenvalue weighted by molar-refractivity contribution is 7.89. The van der Waals surface area contributed by atoms with Gasteiger partial charge in [0.25, 0.3) is 0 Å². The lowest BCUT2D eigenvalue weighted by Gasteiger charge is -2.17. The van der Waals surface area contributed by atoms with Crippen LogP contribution < -0.4 is 9.88 Å². The lowest BCUT2D eigenvalue weighted by molar-refractivity contribution is 0.180. The number of ether oxygens (including phenoxy) is 1. The van der Waals surface area contributed by atoms with Gasteiger partial charge in [-0.15, -0.1) is 0 Å². The van der Waals surface area contributed by atoms with Crippen molar-refractivity contribution >= 4 is 10.0 Å². The van der Waals surface area contributed by atoms with Gasteiger partial charge in [0.1, 0.15) is 4.90 Å².